The number of rotatable bonds is 7. The first-order valence-corrected chi connectivity index (χ1v) is 13.0. The lowest BCUT2D eigenvalue weighted by Crippen LogP contribution is -2.46. The number of amides is 2. The molecule has 0 saturated heterocycles. The molecular formula is C31H40N2O5. The van der Waals surface area contributed by atoms with E-state index in [1.54, 1.807) is 12.1 Å². The molecule has 38 heavy (non-hydrogen) atoms. The van der Waals surface area contributed by atoms with E-state index in [2.05, 4.69) is 10.6 Å². The fourth-order valence-electron chi connectivity index (χ4n) is 4.81. The van der Waals surface area contributed by atoms with Gasteiger partial charge in [-0.3, -0.25) is 9.59 Å². The molecule has 0 spiro atoms. The second kappa shape index (κ2) is 9.80. The molecule has 1 saturated carbocycles. The maximum Gasteiger partial charge on any atom is 0.251 e. The molecule has 7 nitrogen and oxygen atoms in total. The molecule has 3 aromatic rings. The summed E-state index contributed by atoms with van der Waals surface area (Å²) in [5.74, 6) is 1.14. The van der Waals surface area contributed by atoms with Crippen LogP contribution in [0.25, 0.3) is 11.1 Å². The summed E-state index contributed by atoms with van der Waals surface area (Å²) in [6, 6.07) is 18.6. The van der Waals surface area contributed by atoms with E-state index < -0.39 is 5.41 Å². The Morgan fingerprint density at radius 3 is 2.37 bits per heavy atom. The Labute approximate surface area is 227 Å². The van der Waals surface area contributed by atoms with Gasteiger partial charge in [0.1, 0.15) is 0 Å². The van der Waals surface area contributed by atoms with Gasteiger partial charge in [-0.25, -0.2) is 0 Å². The third-order valence-electron chi connectivity index (χ3n) is 7.60. The topological polar surface area (TPSA) is 96.9 Å². The number of aryl methyl sites for hydroxylation is 1. The molecule has 3 aromatic carbocycles. The lowest BCUT2D eigenvalue weighted by atomic mass is 9.87. The van der Waals surface area contributed by atoms with E-state index in [0.717, 1.165) is 40.8 Å². The van der Waals surface area contributed by atoms with Crippen LogP contribution in [0.2, 0.25) is 0 Å². The Hall–Kier alpha value is -3.84. The molecule has 3 N–H and O–H groups in total. The number of ether oxygens (including phenoxy) is 2. The number of aliphatic hydroxyl groups is 1. The van der Waals surface area contributed by atoms with Crippen molar-refractivity contribution in [2.45, 2.75) is 52.0 Å². The van der Waals surface area contributed by atoms with Crippen molar-refractivity contribution < 1.29 is 28.4 Å². The lowest BCUT2D eigenvalue weighted by Gasteiger charge is -2.29. The molecule has 0 aromatic heterocycles. The second-order valence-electron chi connectivity index (χ2n) is 11.3. The number of anilines is 1. The Morgan fingerprint density at radius 2 is 1.71 bits per heavy atom. The van der Waals surface area contributed by atoms with Gasteiger partial charge in [0, 0.05) is 15.5 Å². The van der Waals surface area contributed by atoms with Crippen LogP contribution in [0.4, 0.5) is 5.69 Å². The summed E-state index contributed by atoms with van der Waals surface area (Å²) in [5, 5.41) is 15.7. The minimum Gasteiger partial charge on any atom is -0.454 e. The zero-order valence-corrected chi connectivity index (χ0v) is 22.3. The fourth-order valence-corrected chi connectivity index (χ4v) is 4.81. The lowest BCUT2D eigenvalue weighted by molar-refractivity contribution is -0.118. The summed E-state index contributed by atoms with van der Waals surface area (Å²) in [5.41, 5.74) is 4.36. The van der Waals surface area contributed by atoms with E-state index >= 15 is 0 Å². The first-order valence-electron chi connectivity index (χ1n) is 13.0. The maximum absolute atomic E-state index is 13.4. The summed E-state index contributed by atoms with van der Waals surface area (Å²) >= 11 is 0. The number of hydrogen-bond donors (Lipinski definition) is 3. The third-order valence-corrected chi connectivity index (χ3v) is 7.60. The Bertz CT molecular complexity index is 1390. The Morgan fingerprint density at radius 1 is 1.00 bits per heavy atom. The van der Waals surface area contributed by atoms with Crippen molar-refractivity contribution in [3.05, 3.63) is 77.4 Å². The average Bonchev–Trinajstić information content (AvgIpc) is 3.58. The van der Waals surface area contributed by atoms with Gasteiger partial charge in [-0.1, -0.05) is 45.0 Å². The summed E-state index contributed by atoms with van der Waals surface area (Å²) in [4.78, 5) is 26.1. The van der Waals surface area contributed by atoms with Gasteiger partial charge in [-0.2, -0.15) is 0 Å². The number of carbonyl (C=O) groups is 2. The number of nitrogens with one attached hydrogen (secondary N) is 2. The molecular weight excluding hydrogens is 480 g/mol. The largest absolute Gasteiger partial charge is 0.454 e. The zero-order chi connectivity index (χ0) is 27.1. The standard InChI is InChI=1S/C31H34N2O5.3H2/c1-19-5-11-23(32-29(36)31(13-14-31)22-10-12-25-26(15-22)38-18-37-25)16-24(19)20-6-8-21(9-7-20)28(35)33-27(17-34)30(2,3)4;;;/h5-12,15-16,27,34H,13-14,17-18H2,1-4H3,(H,32,36)(H,33,35);3*1H/t27-;;;/m1.../s1. The van der Waals surface area contributed by atoms with Crippen LogP contribution in [0.1, 0.15) is 59.4 Å². The monoisotopic (exact) mass is 520 g/mol. The van der Waals surface area contributed by atoms with E-state index in [0.29, 0.717) is 17.1 Å². The van der Waals surface area contributed by atoms with Crippen molar-refractivity contribution in [1.29, 1.82) is 0 Å². The van der Waals surface area contributed by atoms with Crippen LogP contribution in [0.5, 0.6) is 11.5 Å². The highest BCUT2D eigenvalue weighted by Crippen LogP contribution is 2.51. The summed E-state index contributed by atoms with van der Waals surface area (Å²) in [6.45, 7) is 8.03. The van der Waals surface area contributed by atoms with Gasteiger partial charge >= 0.3 is 0 Å². The molecule has 1 fully saturated rings. The molecule has 7 heteroatoms. The highest BCUT2D eigenvalue weighted by atomic mass is 16.7. The number of benzene rings is 3. The van der Waals surface area contributed by atoms with Gasteiger partial charge in [0.05, 0.1) is 18.1 Å². The first-order chi connectivity index (χ1) is 18.1. The molecule has 1 atom stereocenters. The van der Waals surface area contributed by atoms with Crippen LogP contribution >= 0.6 is 0 Å². The number of fused-ring (bicyclic) bond motifs is 1. The average molecular weight is 521 g/mol. The van der Waals surface area contributed by atoms with Crippen LogP contribution in [0.15, 0.2) is 60.7 Å². The van der Waals surface area contributed by atoms with Gasteiger partial charge in [-0.15, -0.1) is 0 Å². The van der Waals surface area contributed by atoms with Crippen LogP contribution < -0.4 is 20.1 Å². The van der Waals surface area contributed by atoms with E-state index in [4.69, 9.17) is 9.47 Å². The van der Waals surface area contributed by atoms with Crippen LogP contribution in [-0.4, -0.2) is 36.4 Å². The summed E-state index contributed by atoms with van der Waals surface area (Å²) in [7, 11) is 0. The molecule has 1 heterocycles. The predicted octanol–water partition coefficient (Wildman–Crippen LogP) is 5.94. The maximum atomic E-state index is 13.4. The van der Waals surface area contributed by atoms with Crippen molar-refractivity contribution in [3.63, 3.8) is 0 Å². The minimum absolute atomic E-state index is 0. The van der Waals surface area contributed by atoms with E-state index in [9.17, 15) is 14.7 Å². The third kappa shape index (κ3) is 4.98. The van der Waals surface area contributed by atoms with E-state index in [-0.39, 0.29) is 41.0 Å². The highest BCUT2D eigenvalue weighted by molar-refractivity contribution is 6.02. The van der Waals surface area contributed by atoms with Gasteiger partial charge < -0.3 is 25.2 Å². The molecule has 2 aliphatic rings. The zero-order valence-electron chi connectivity index (χ0n) is 22.3. The SMILES string of the molecule is Cc1ccc(NC(=O)C2(c3ccc4c(c3)OCO4)CC2)cc1-c1ccc(C(=O)N[C@H](CO)C(C)(C)C)cc1.[HH].[HH].[HH]. The Kier molecular flexibility index (Phi) is 6.65. The van der Waals surface area contributed by atoms with Crippen molar-refractivity contribution in [2.75, 3.05) is 18.7 Å². The normalized spacial score (nSPS) is 16.0. The Balaban J connectivity index is 0.00000196. The van der Waals surface area contributed by atoms with E-state index in [1.165, 1.54) is 0 Å². The predicted molar refractivity (Wildman–Crippen MR) is 153 cm³/mol. The highest BCUT2D eigenvalue weighted by Gasteiger charge is 2.51. The van der Waals surface area contributed by atoms with Crippen molar-refractivity contribution in [1.82, 2.24) is 5.32 Å². The van der Waals surface area contributed by atoms with Crippen LogP contribution in [0, 0.1) is 12.3 Å². The molecule has 0 unspecified atom stereocenters. The second-order valence-corrected chi connectivity index (χ2v) is 11.3. The summed E-state index contributed by atoms with van der Waals surface area (Å²) < 4.78 is 10.9. The molecule has 2 amide bonds. The molecule has 5 rings (SSSR count). The van der Waals surface area contributed by atoms with Crippen molar-refractivity contribution >= 4 is 17.5 Å². The quantitative estimate of drug-likeness (QED) is 0.358. The molecule has 1 aliphatic heterocycles. The van der Waals surface area contributed by atoms with Gasteiger partial charge in [0.15, 0.2) is 11.5 Å². The van der Waals surface area contributed by atoms with E-state index in [1.807, 2.05) is 76.2 Å². The molecule has 0 radical (unpaired) electrons. The number of carbonyl (C=O) groups excluding carboxylic acids is 2. The fraction of sp³-hybridized carbons (Fsp3) is 0.355. The minimum atomic E-state index is -0.555. The molecule has 204 valence electrons. The van der Waals surface area contributed by atoms with Crippen molar-refractivity contribution in [2.24, 2.45) is 5.41 Å². The van der Waals surface area contributed by atoms with Crippen molar-refractivity contribution in [3.8, 4) is 22.6 Å². The smallest absolute Gasteiger partial charge is 0.251 e. The molecule has 0 bridgehead atoms. The summed E-state index contributed by atoms with van der Waals surface area (Å²) in [6.07, 6.45) is 1.57. The van der Waals surface area contributed by atoms with Gasteiger partial charge in [0.2, 0.25) is 12.7 Å². The molecule has 1 aliphatic carbocycles. The van der Waals surface area contributed by atoms with Gasteiger partial charge in [-0.05, 0) is 83.8 Å². The number of hydrogen-bond acceptors (Lipinski definition) is 5. The number of aliphatic hydroxyl groups excluding tert-OH is 1. The van der Waals surface area contributed by atoms with Crippen LogP contribution in [0.3, 0.4) is 0 Å². The first kappa shape index (κ1) is 25.8. The van der Waals surface area contributed by atoms with Gasteiger partial charge in [0.25, 0.3) is 5.91 Å². The van der Waals surface area contributed by atoms with Crippen LogP contribution in [-0.2, 0) is 10.2 Å².